The highest BCUT2D eigenvalue weighted by atomic mass is 35.5. The number of ketones is 1. The molecule has 1 atom stereocenters. The van der Waals surface area contributed by atoms with Crippen LogP contribution in [0.1, 0.15) is 36.2 Å². The van der Waals surface area contributed by atoms with Gasteiger partial charge in [0.1, 0.15) is 0 Å². The molecule has 24 heavy (non-hydrogen) atoms. The van der Waals surface area contributed by atoms with Crippen LogP contribution in [0.15, 0.2) is 48.5 Å². The molecule has 0 bridgehead atoms. The molecule has 124 valence electrons. The number of carbonyl (C=O) groups is 2. The van der Waals surface area contributed by atoms with E-state index in [4.69, 9.17) is 11.6 Å². The summed E-state index contributed by atoms with van der Waals surface area (Å²) >= 11 is 5.84. The number of aliphatic hydroxyl groups is 1. The fourth-order valence-corrected chi connectivity index (χ4v) is 3.24. The van der Waals surface area contributed by atoms with E-state index in [0.717, 1.165) is 0 Å². The highest BCUT2D eigenvalue weighted by Gasteiger charge is 2.51. The lowest BCUT2D eigenvalue weighted by Crippen LogP contribution is -2.44. The molecule has 1 aliphatic rings. The third kappa shape index (κ3) is 2.62. The first kappa shape index (κ1) is 16.7. The lowest BCUT2D eigenvalue weighted by atomic mass is 9.88. The first-order valence-electron chi connectivity index (χ1n) is 7.79. The molecule has 1 unspecified atom stereocenters. The van der Waals surface area contributed by atoms with Gasteiger partial charge in [0.25, 0.3) is 5.91 Å². The monoisotopic (exact) mass is 343 g/mol. The van der Waals surface area contributed by atoms with Crippen molar-refractivity contribution in [3.8, 4) is 0 Å². The number of amides is 1. The third-order valence-corrected chi connectivity index (χ3v) is 4.53. The Hall–Kier alpha value is -2.17. The SMILES string of the molecule is CC(C)N1C(=O)C(O)(CC(=O)c2ccc(Cl)cc2)c2ccccc21. The van der Waals surface area contributed by atoms with Crippen LogP contribution in [0.2, 0.25) is 5.02 Å². The van der Waals surface area contributed by atoms with Gasteiger partial charge in [-0.2, -0.15) is 0 Å². The van der Waals surface area contributed by atoms with Gasteiger partial charge in [0.2, 0.25) is 0 Å². The van der Waals surface area contributed by atoms with Crippen LogP contribution in [0.3, 0.4) is 0 Å². The van der Waals surface area contributed by atoms with Crippen molar-refractivity contribution in [3.05, 3.63) is 64.7 Å². The molecule has 1 N–H and O–H groups in total. The van der Waals surface area contributed by atoms with Crippen LogP contribution in [0, 0.1) is 0 Å². The topological polar surface area (TPSA) is 57.6 Å². The number of carbonyl (C=O) groups excluding carboxylic acids is 2. The van der Waals surface area contributed by atoms with Crippen LogP contribution in [0.4, 0.5) is 5.69 Å². The molecule has 0 saturated carbocycles. The van der Waals surface area contributed by atoms with E-state index in [1.165, 1.54) is 0 Å². The molecule has 0 radical (unpaired) electrons. The summed E-state index contributed by atoms with van der Waals surface area (Å²) in [5.41, 5.74) is -0.284. The van der Waals surface area contributed by atoms with Crippen molar-refractivity contribution >= 4 is 29.0 Å². The number of hydrogen-bond acceptors (Lipinski definition) is 3. The maximum Gasteiger partial charge on any atom is 0.264 e. The van der Waals surface area contributed by atoms with Gasteiger partial charge < -0.3 is 10.0 Å². The van der Waals surface area contributed by atoms with Crippen molar-refractivity contribution in [3.63, 3.8) is 0 Å². The van der Waals surface area contributed by atoms with Gasteiger partial charge in [-0.15, -0.1) is 0 Å². The van der Waals surface area contributed by atoms with E-state index in [-0.39, 0.29) is 18.2 Å². The van der Waals surface area contributed by atoms with Gasteiger partial charge in [-0.05, 0) is 44.2 Å². The van der Waals surface area contributed by atoms with Gasteiger partial charge in [0.15, 0.2) is 11.4 Å². The Labute approximate surface area is 145 Å². The van der Waals surface area contributed by atoms with E-state index in [1.807, 2.05) is 19.9 Å². The van der Waals surface area contributed by atoms with Crippen LogP contribution in [0.5, 0.6) is 0 Å². The molecule has 0 saturated heterocycles. The molecule has 1 amide bonds. The van der Waals surface area contributed by atoms with Gasteiger partial charge in [0, 0.05) is 22.2 Å². The number of para-hydroxylation sites is 1. The largest absolute Gasteiger partial charge is 0.375 e. The normalized spacial score (nSPS) is 19.7. The fourth-order valence-electron chi connectivity index (χ4n) is 3.11. The standard InChI is InChI=1S/C19H18ClNO3/c1-12(2)21-16-6-4-3-5-15(16)19(24,18(21)23)11-17(22)13-7-9-14(20)10-8-13/h3-10,12,24H,11H2,1-2H3. The van der Waals surface area contributed by atoms with E-state index in [0.29, 0.717) is 21.8 Å². The molecule has 1 heterocycles. The Balaban J connectivity index is 1.98. The summed E-state index contributed by atoms with van der Waals surface area (Å²) in [5, 5.41) is 11.6. The van der Waals surface area contributed by atoms with Crippen LogP contribution < -0.4 is 4.90 Å². The minimum absolute atomic E-state index is 0.113. The second-order valence-corrected chi connectivity index (χ2v) is 6.69. The van der Waals surface area contributed by atoms with E-state index in [1.54, 1.807) is 47.4 Å². The summed E-state index contributed by atoms with van der Waals surface area (Å²) in [5.74, 6) is -0.760. The number of hydrogen-bond donors (Lipinski definition) is 1. The van der Waals surface area contributed by atoms with E-state index >= 15 is 0 Å². The van der Waals surface area contributed by atoms with Crippen molar-refractivity contribution in [2.75, 3.05) is 4.90 Å². The summed E-state index contributed by atoms with van der Waals surface area (Å²) < 4.78 is 0. The molecule has 1 aliphatic heterocycles. The van der Waals surface area contributed by atoms with E-state index < -0.39 is 11.5 Å². The highest BCUT2D eigenvalue weighted by Crippen LogP contribution is 2.43. The van der Waals surface area contributed by atoms with Gasteiger partial charge in [-0.25, -0.2) is 0 Å². The van der Waals surface area contributed by atoms with Crippen LogP contribution in [0.25, 0.3) is 0 Å². The smallest absolute Gasteiger partial charge is 0.264 e. The van der Waals surface area contributed by atoms with Crippen molar-refractivity contribution in [1.29, 1.82) is 0 Å². The van der Waals surface area contributed by atoms with Crippen molar-refractivity contribution in [2.45, 2.75) is 31.9 Å². The van der Waals surface area contributed by atoms with Crippen molar-refractivity contribution < 1.29 is 14.7 Å². The Morgan fingerprint density at radius 2 is 1.79 bits per heavy atom. The predicted molar refractivity (Wildman–Crippen MR) is 93.4 cm³/mol. The van der Waals surface area contributed by atoms with Gasteiger partial charge >= 0.3 is 0 Å². The number of fused-ring (bicyclic) bond motifs is 1. The Morgan fingerprint density at radius 3 is 2.42 bits per heavy atom. The number of halogens is 1. The molecule has 0 spiro atoms. The van der Waals surface area contributed by atoms with Crippen LogP contribution in [-0.2, 0) is 10.4 Å². The lowest BCUT2D eigenvalue weighted by Gasteiger charge is -2.25. The molecule has 2 aromatic rings. The molecule has 4 nitrogen and oxygen atoms in total. The third-order valence-electron chi connectivity index (χ3n) is 4.28. The van der Waals surface area contributed by atoms with Gasteiger partial charge in [0.05, 0.1) is 12.1 Å². The first-order valence-corrected chi connectivity index (χ1v) is 8.16. The fraction of sp³-hybridized carbons (Fsp3) is 0.263. The molecule has 5 heteroatoms. The minimum atomic E-state index is -1.84. The van der Waals surface area contributed by atoms with Crippen LogP contribution >= 0.6 is 11.6 Å². The molecular formula is C19H18ClNO3. The predicted octanol–water partition coefficient (Wildman–Crippen LogP) is 3.56. The number of nitrogens with zero attached hydrogens (tertiary/aromatic N) is 1. The highest BCUT2D eigenvalue weighted by molar-refractivity contribution is 6.30. The summed E-state index contributed by atoms with van der Waals surface area (Å²) in [6, 6.07) is 13.4. The van der Waals surface area contributed by atoms with E-state index in [9.17, 15) is 14.7 Å². The summed E-state index contributed by atoms with van der Waals surface area (Å²) in [6.07, 6.45) is -0.298. The number of Topliss-reactive ketones (excluding diaryl/α,β-unsaturated/α-hetero) is 1. The Bertz CT molecular complexity index is 801. The number of rotatable bonds is 4. The summed E-state index contributed by atoms with van der Waals surface area (Å²) in [6.45, 7) is 3.75. The second kappa shape index (κ2) is 6.04. The number of benzene rings is 2. The van der Waals surface area contributed by atoms with Crippen molar-refractivity contribution in [1.82, 2.24) is 0 Å². The zero-order chi connectivity index (χ0) is 17.5. The zero-order valence-corrected chi connectivity index (χ0v) is 14.2. The Kier molecular flexibility index (Phi) is 4.20. The minimum Gasteiger partial charge on any atom is -0.375 e. The van der Waals surface area contributed by atoms with Crippen molar-refractivity contribution in [2.24, 2.45) is 0 Å². The average Bonchev–Trinajstić information content (AvgIpc) is 2.76. The number of anilines is 1. The van der Waals surface area contributed by atoms with Gasteiger partial charge in [-0.1, -0.05) is 29.8 Å². The lowest BCUT2D eigenvalue weighted by molar-refractivity contribution is -0.136. The zero-order valence-electron chi connectivity index (χ0n) is 13.5. The molecule has 2 aromatic carbocycles. The van der Waals surface area contributed by atoms with E-state index in [2.05, 4.69) is 0 Å². The molecule has 3 rings (SSSR count). The molecule has 0 aromatic heterocycles. The Morgan fingerprint density at radius 1 is 1.17 bits per heavy atom. The second-order valence-electron chi connectivity index (χ2n) is 6.25. The molecule has 0 fully saturated rings. The maximum absolute atomic E-state index is 12.8. The molecular weight excluding hydrogens is 326 g/mol. The molecule has 0 aliphatic carbocycles. The van der Waals surface area contributed by atoms with Crippen LogP contribution in [-0.4, -0.2) is 22.8 Å². The quantitative estimate of drug-likeness (QED) is 0.864. The maximum atomic E-state index is 12.8. The summed E-state index contributed by atoms with van der Waals surface area (Å²) in [4.78, 5) is 27.0. The summed E-state index contributed by atoms with van der Waals surface area (Å²) in [7, 11) is 0. The average molecular weight is 344 g/mol. The van der Waals surface area contributed by atoms with Gasteiger partial charge in [-0.3, -0.25) is 9.59 Å². The first-order chi connectivity index (χ1) is 11.3.